The van der Waals surface area contributed by atoms with Gasteiger partial charge in [0.15, 0.2) is 11.5 Å². The van der Waals surface area contributed by atoms with E-state index in [1.54, 1.807) is 37.3 Å². The lowest BCUT2D eigenvalue weighted by Gasteiger charge is -2.34. The molecule has 3 aromatic rings. The molecule has 0 radical (unpaired) electrons. The second kappa shape index (κ2) is 7.03. The summed E-state index contributed by atoms with van der Waals surface area (Å²) in [6, 6.07) is 9.68. The van der Waals surface area contributed by atoms with Gasteiger partial charge in [-0.25, -0.2) is 4.39 Å². The van der Waals surface area contributed by atoms with E-state index in [0.717, 1.165) is 0 Å². The molecule has 6 heteroatoms. The maximum atomic E-state index is 13.8. The van der Waals surface area contributed by atoms with Gasteiger partial charge in [0, 0.05) is 23.1 Å². The van der Waals surface area contributed by atoms with Gasteiger partial charge in [-0.3, -0.25) is 9.59 Å². The van der Waals surface area contributed by atoms with Crippen LogP contribution >= 0.6 is 0 Å². The third kappa shape index (κ3) is 3.28. The SMILES string of the molecule is CCC1(C)CC(=O)c2c(ccc3oc(C(=O)NCc4ccccc4F)c(C)c23)O1. The fourth-order valence-electron chi connectivity index (χ4n) is 3.72. The largest absolute Gasteiger partial charge is 0.486 e. The first kappa shape index (κ1) is 19.2. The Bertz CT molecular complexity index is 1130. The molecule has 1 atom stereocenters. The number of carbonyl (C=O) groups excluding carboxylic acids is 2. The topological polar surface area (TPSA) is 68.5 Å². The number of Topliss-reactive ketones (excluding diaryl/α,β-unsaturated/α-hetero) is 1. The Morgan fingerprint density at radius 1 is 1.24 bits per heavy atom. The average molecular weight is 395 g/mol. The first-order valence-electron chi connectivity index (χ1n) is 9.63. The van der Waals surface area contributed by atoms with Crippen LogP contribution in [0.2, 0.25) is 0 Å². The molecule has 2 heterocycles. The molecular weight excluding hydrogens is 373 g/mol. The van der Waals surface area contributed by atoms with E-state index in [9.17, 15) is 14.0 Å². The zero-order chi connectivity index (χ0) is 20.8. The molecule has 1 unspecified atom stereocenters. The number of furan rings is 1. The number of halogens is 1. The fraction of sp³-hybridized carbons (Fsp3) is 0.304. The third-order valence-corrected chi connectivity index (χ3v) is 5.58. The van der Waals surface area contributed by atoms with Crippen molar-refractivity contribution in [1.82, 2.24) is 5.32 Å². The lowest BCUT2D eigenvalue weighted by atomic mass is 9.87. The van der Waals surface area contributed by atoms with Crippen molar-refractivity contribution in [3.05, 3.63) is 64.7 Å². The van der Waals surface area contributed by atoms with E-state index < -0.39 is 11.5 Å². The van der Waals surface area contributed by atoms with Crippen LogP contribution in [0.1, 0.15) is 58.7 Å². The van der Waals surface area contributed by atoms with Crippen molar-refractivity contribution in [3.8, 4) is 5.75 Å². The molecule has 4 rings (SSSR count). The smallest absolute Gasteiger partial charge is 0.287 e. The number of hydrogen-bond acceptors (Lipinski definition) is 4. The number of hydrogen-bond donors (Lipinski definition) is 1. The van der Waals surface area contributed by atoms with E-state index >= 15 is 0 Å². The minimum absolute atomic E-state index is 0.0246. The lowest BCUT2D eigenvalue weighted by Crippen LogP contribution is -2.38. The Hall–Kier alpha value is -3.15. The number of nitrogens with one attached hydrogen (secondary N) is 1. The van der Waals surface area contributed by atoms with Crippen molar-refractivity contribution in [1.29, 1.82) is 0 Å². The number of aryl methyl sites for hydroxylation is 1. The van der Waals surface area contributed by atoms with Gasteiger partial charge >= 0.3 is 0 Å². The van der Waals surface area contributed by atoms with Crippen LogP contribution in [0.3, 0.4) is 0 Å². The molecule has 1 aromatic heterocycles. The predicted octanol–water partition coefficient (Wildman–Crippen LogP) is 4.94. The quantitative estimate of drug-likeness (QED) is 0.679. The van der Waals surface area contributed by atoms with E-state index in [-0.39, 0.29) is 30.3 Å². The highest BCUT2D eigenvalue weighted by atomic mass is 19.1. The number of benzene rings is 2. The molecule has 0 spiro atoms. The van der Waals surface area contributed by atoms with Crippen molar-refractivity contribution in [3.63, 3.8) is 0 Å². The van der Waals surface area contributed by atoms with Crippen LogP contribution < -0.4 is 10.1 Å². The van der Waals surface area contributed by atoms with Gasteiger partial charge < -0.3 is 14.5 Å². The summed E-state index contributed by atoms with van der Waals surface area (Å²) in [5.74, 6) is -0.242. The molecule has 2 aromatic carbocycles. The van der Waals surface area contributed by atoms with Gasteiger partial charge in [0.1, 0.15) is 22.8 Å². The van der Waals surface area contributed by atoms with E-state index in [2.05, 4.69) is 5.32 Å². The van der Waals surface area contributed by atoms with Crippen molar-refractivity contribution < 1.29 is 23.1 Å². The monoisotopic (exact) mass is 395 g/mol. The fourth-order valence-corrected chi connectivity index (χ4v) is 3.72. The van der Waals surface area contributed by atoms with Gasteiger partial charge in [-0.1, -0.05) is 25.1 Å². The number of rotatable bonds is 4. The van der Waals surface area contributed by atoms with Gasteiger partial charge in [0.25, 0.3) is 5.91 Å². The van der Waals surface area contributed by atoms with Gasteiger partial charge in [0.05, 0.1) is 12.0 Å². The van der Waals surface area contributed by atoms with Crippen LogP contribution in [0.25, 0.3) is 11.0 Å². The van der Waals surface area contributed by atoms with Gasteiger partial charge in [0.2, 0.25) is 0 Å². The molecule has 0 saturated heterocycles. The molecule has 29 heavy (non-hydrogen) atoms. The Labute approximate surface area is 167 Å². The molecule has 0 aliphatic carbocycles. The standard InChI is InChI=1S/C23H22FNO4/c1-4-23(3)11-16(26)20-18(29-23)10-9-17-19(20)13(2)21(28-17)22(27)25-12-14-7-5-6-8-15(14)24/h5-10H,4,11-12H2,1-3H3,(H,25,27). The first-order chi connectivity index (χ1) is 13.8. The molecule has 1 N–H and O–H groups in total. The van der Waals surface area contributed by atoms with Crippen LogP contribution in [0, 0.1) is 12.7 Å². The Morgan fingerprint density at radius 3 is 2.72 bits per heavy atom. The minimum Gasteiger partial charge on any atom is -0.486 e. The third-order valence-electron chi connectivity index (χ3n) is 5.58. The maximum absolute atomic E-state index is 13.8. The highest BCUT2D eigenvalue weighted by Gasteiger charge is 2.37. The summed E-state index contributed by atoms with van der Waals surface area (Å²) in [5.41, 5.74) is 1.33. The summed E-state index contributed by atoms with van der Waals surface area (Å²) in [6.07, 6.45) is 0.985. The summed E-state index contributed by atoms with van der Waals surface area (Å²) in [5, 5.41) is 3.28. The summed E-state index contributed by atoms with van der Waals surface area (Å²) in [4.78, 5) is 25.6. The van der Waals surface area contributed by atoms with Crippen LogP contribution in [0.15, 0.2) is 40.8 Å². The van der Waals surface area contributed by atoms with Gasteiger partial charge in [-0.15, -0.1) is 0 Å². The van der Waals surface area contributed by atoms with Crippen molar-refractivity contribution in [2.24, 2.45) is 0 Å². The van der Waals surface area contributed by atoms with E-state index in [4.69, 9.17) is 9.15 Å². The van der Waals surface area contributed by atoms with Crippen molar-refractivity contribution in [2.75, 3.05) is 0 Å². The van der Waals surface area contributed by atoms with Crippen LogP contribution in [0.4, 0.5) is 4.39 Å². The molecule has 5 nitrogen and oxygen atoms in total. The maximum Gasteiger partial charge on any atom is 0.287 e. The second-order valence-electron chi connectivity index (χ2n) is 7.65. The van der Waals surface area contributed by atoms with E-state index in [1.165, 1.54) is 6.07 Å². The van der Waals surface area contributed by atoms with E-state index in [0.29, 0.717) is 39.8 Å². The molecule has 0 bridgehead atoms. The van der Waals surface area contributed by atoms with Crippen LogP contribution in [-0.4, -0.2) is 17.3 Å². The van der Waals surface area contributed by atoms with Crippen LogP contribution in [0.5, 0.6) is 5.75 Å². The number of carbonyl (C=O) groups is 2. The summed E-state index contributed by atoms with van der Waals surface area (Å²) in [7, 11) is 0. The summed E-state index contributed by atoms with van der Waals surface area (Å²) in [6.45, 7) is 5.68. The molecular formula is C23H22FNO4. The second-order valence-corrected chi connectivity index (χ2v) is 7.65. The number of amides is 1. The van der Waals surface area contributed by atoms with Crippen molar-refractivity contribution >= 4 is 22.7 Å². The Morgan fingerprint density at radius 2 is 2.00 bits per heavy atom. The summed E-state index contributed by atoms with van der Waals surface area (Å²) < 4.78 is 25.6. The zero-order valence-electron chi connectivity index (χ0n) is 16.6. The van der Waals surface area contributed by atoms with Gasteiger partial charge in [-0.05, 0) is 38.5 Å². The number of ketones is 1. The van der Waals surface area contributed by atoms with Crippen molar-refractivity contribution in [2.45, 2.75) is 45.8 Å². The van der Waals surface area contributed by atoms with Gasteiger partial charge in [-0.2, -0.15) is 0 Å². The van der Waals surface area contributed by atoms with Crippen LogP contribution in [-0.2, 0) is 6.54 Å². The number of fused-ring (bicyclic) bond motifs is 3. The highest BCUT2D eigenvalue weighted by molar-refractivity contribution is 6.13. The normalized spacial score (nSPS) is 18.4. The zero-order valence-corrected chi connectivity index (χ0v) is 16.6. The minimum atomic E-state index is -0.532. The Kier molecular flexibility index (Phi) is 4.65. The lowest BCUT2D eigenvalue weighted by molar-refractivity contribution is 0.0503. The highest BCUT2D eigenvalue weighted by Crippen LogP contribution is 2.41. The molecule has 0 fully saturated rings. The number of ether oxygens (including phenoxy) is 1. The molecule has 1 aliphatic rings. The predicted molar refractivity (Wildman–Crippen MR) is 107 cm³/mol. The molecule has 1 amide bonds. The first-order valence-corrected chi connectivity index (χ1v) is 9.63. The summed E-state index contributed by atoms with van der Waals surface area (Å²) >= 11 is 0. The average Bonchev–Trinajstić information content (AvgIpc) is 3.03. The molecule has 1 aliphatic heterocycles. The van der Waals surface area contributed by atoms with E-state index in [1.807, 2.05) is 13.8 Å². The Balaban J connectivity index is 1.68. The molecule has 150 valence electrons. The molecule has 0 saturated carbocycles.